The van der Waals surface area contributed by atoms with Gasteiger partial charge in [-0.3, -0.25) is 4.79 Å². The summed E-state index contributed by atoms with van der Waals surface area (Å²) >= 11 is 7.43. The van der Waals surface area contributed by atoms with Gasteiger partial charge < -0.3 is 10.1 Å². The zero-order chi connectivity index (χ0) is 14.8. The van der Waals surface area contributed by atoms with Crippen molar-refractivity contribution in [2.45, 2.75) is 36.8 Å². The molecule has 1 atom stereocenters. The van der Waals surface area contributed by atoms with Crippen LogP contribution in [-0.4, -0.2) is 30.9 Å². The summed E-state index contributed by atoms with van der Waals surface area (Å²) in [5, 5.41) is 3.60. The second-order valence-corrected chi connectivity index (χ2v) is 6.02. The summed E-state index contributed by atoms with van der Waals surface area (Å²) in [5.41, 5.74) is 0. The summed E-state index contributed by atoms with van der Waals surface area (Å²) in [6.45, 7) is 6.06. The van der Waals surface area contributed by atoms with Crippen LogP contribution < -0.4 is 5.32 Å². The molecule has 112 valence electrons. The largest absolute Gasteiger partial charge is 0.382 e. The lowest BCUT2D eigenvalue weighted by Gasteiger charge is -2.14. The van der Waals surface area contributed by atoms with E-state index < -0.39 is 0 Å². The molecule has 3 nitrogen and oxygen atoms in total. The van der Waals surface area contributed by atoms with E-state index in [1.165, 1.54) is 0 Å². The minimum Gasteiger partial charge on any atom is -0.382 e. The minimum atomic E-state index is -0.0664. The van der Waals surface area contributed by atoms with Crippen molar-refractivity contribution in [3.63, 3.8) is 0 Å². The number of halogens is 1. The van der Waals surface area contributed by atoms with E-state index in [0.717, 1.165) is 24.3 Å². The van der Waals surface area contributed by atoms with Gasteiger partial charge in [0, 0.05) is 29.7 Å². The standard InChI is InChI=1S/C15H22ClNO2S/c1-3-14(15(18)17-10-5-11-19-4-2)20-13-8-6-12(16)7-9-13/h6-9,14H,3-5,10-11H2,1-2H3,(H,17,18)/t14-/m1/s1. The summed E-state index contributed by atoms with van der Waals surface area (Å²) in [4.78, 5) is 13.1. The Kier molecular flexibility index (Phi) is 8.74. The number of benzene rings is 1. The Bertz CT molecular complexity index is 397. The van der Waals surface area contributed by atoms with Gasteiger partial charge in [0.25, 0.3) is 0 Å². The lowest BCUT2D eigenvalue weighted by atomic mass is 10.3. The van der Waals surface area contributed by atoms with Crippen molar-refractivity contribution >= 4 is 29.3 Å². The molecule has 0 unspecified atom stereocenters. The molecular formula is C15H22ClNO2S. The number of rotatable bonds is 9. The highest BCUT2D eigenvalue weighted by Crippen LogP contribution is 2.26. The molecule has 0 heterocycles. The van der Waals surface area contributed by atoms with Crippen molar-refractivity contribution in [1.82, 2.24) is 5.32 Å². The normalized spacial score (nSPS) is 12.2. The lowest BCUT2D eigenvalue weighted by Crippen LogP contribution is -2.33. The average molecular weight is 316 g/mol. The molecular weight excluding hydrogens is 294 g/mol. The molecule has 1 aromatic carbocycles. The van der Waals surface area contributed by atoms with Crippen molar-refractivity contribution in [2.75, 3.05) is 19.8 Å². The Hall–Kier alpha value is -0.710. The van der Waals surface area contributed by atoms with Crippen molar-refractivity contribution in [2.24, 2.45) is 0 Å². The second kappa shape index (κ2) is 10.1. The van der Waals surface area contributed by atoms with Crippen LogP contribution in [0.4, 0.5) is 0 Å². The van der Waals surface area contributed by atoms with E-state index in [9.17, 15) is 4.79 Å². The van der Waals surface area contributed by atoms with Gasteiger partial charge in [-0.15, -0.1) is 11.8 Å². The van der Waals surface area contributed by atoms with Crippen LogP contribution in [-0.2, 0) is 9.53 Å². The van der Waals surface area contributed by atoms with Crippen LogP contribution >= 0.6 is 23.4 Å². The fraction of sp³-hybridized carbons (Fsp3) is 0.533. The molecule has 0 aliphatic heterocycles. The molecule has 0 fully saturated rings. The number of hydrogen-bond acceptors (Lipinski definition) is 3. The Morgan fingerprint density at radius 3 is 2.65 bits per heavy atom. The molecule has 5 heteroatoms. The van der Waals surface area contributed by atoms with Gasteiger partial charge in [0.15, 0.2) is 0 Å². The molecule has 0 spiro atoms. The van der Waals surface area contributed by atoms with Gasteiger partial charge in [0.05, 0.1) is 5.25 Å². The summed E-state index contributed by atoms with van der Waals surface area (Å²) in [7, 11) is 0. The molecule has 0 saturated carbocycles. The number of nitrogens with one attached hydrogen (secondary N) is 1. The number of ether oxygens (including phenoxy) is 1. The van der Waals surface area contributed by atoms with Crippen LogP contribution in [0.5, 0.6) is 0 Å². The topological polar surface area (TPSA) is 38.3 Å². The van der Waals surface area contributed by atoms with Crippen LogP contribution in [0.1, 0.15) is 26.7 Å². The fourth-order valence-electron chi connectivity index (χ4n) is 1.64. The van der Waals surface area contributed by atoms with Gasteiger partial charge in [0.2, 0.25) is 5.91 Å². The van der Waals surface area contributed by atoms with Gasteiger partial charge in [-0.2, -0.15) is 0 Å². The van der Waals surface area contributed by atoms with E-state index in [0.29, 0.717) is 18.2 Å². The monoisotopic (exact) mass is 315 g/mol. The van der Waals surface area contributed by atoms with Crippen LogP contribution in [0.25, 0.3) is 0 Å². The maximum atomic E-state index is 12.1. The zero-order valence-electron chi connectivity index (χ0n) is 12.0. The lowest BCUT2D eigenvalue weighted by molar-refractivity contribution is -0.120. The van der Waals surface area contributed by atoms with Crippen molar-refractivity contribution < 1.29 is 9.53 Å². The third-order valence-electron chi connectivity index (χ3n) is 2.72. The first kappa shape index (κ1) is 17.3. The highest BCUT2D eigenvalue weighted by Gasteiger charge is 2.17. The average Bonchev–Trinajstić information content (AvgIpc) is 2.46. The van der Waals surface area contributed by atoms with Crippen molar-refractivity contribution in [3.05, 3.63) is 29.3 Å². The van der Waals surface area contributed by atoms with Crippen molar-refractivity contribution in [1.29, 1.82) is 0 Å². The number of amides is 1. The van der Waals surface area contributed by atoms with E-state index in [1.807, 2.05) is 38.1 Å². The molecule has 1 amide bonds. The van der Waals surface area contributed by atoms with Gasteiger partial charge in [0.1, 0.15) is 0 Å². The molecule has 20 heavy (non-hydrogen) atoms. The third kappa shape index (κ3) is 6.64. The Labute approximate surface area is 130 Å². The van der Waals surface area contributed by atoms with Crippen LogP contribution in [0.2, 0.25) is 5.02 Å². The first-order valence-corrected chi connectivity index (χ1v) is 8.20. The van der Waals surface area contributed by atoms with Crippen LogP contribution in [0.15, 0.2) is 29.2 Å². The van der Waals surface area contributed by atoms with Gasteiger partial charge in [-0.05, 0) is 44.0 Å². The number of carbonyl (C=O) groups is 1. The molecule has 0 aliphatic rings. The highest BCUT2D eigenvalue weighted by atomic mass is 35.5. The smallest absolute Gasteiger partial charge is 0.233 e. The van der Waals surface area contributed by atoms with Gasteiger partial charge >= 0.3 is 0 Å². The number of hydrogen-bond donors (Lipinski definition) is 1. The molecule has 0 aliphatic carbocycles. The third-order valence-corrected chi connectivity index (χ3v) is 4.35. The molecule has 0 bridgehead atoms. The summed E-state index contributed by atoms with van der Waals surface area (Å²) < 4.78 is 5.24. The number of thioether (sulfide) groups is 1. The molecule has 1 N–H and O–H groups in total. The number of carbonyl (C=O) groups excluding carboxylic acids is 1. The van der Waals surface area contributed by atoms with E-state index in [4.69, 9.17) is 16.3 Å². The van der Waals surface area contributed by atoms with Crippen LogP contribution in [0.3, 0.4) is 0 Å². The maximum Gasteiger partial charge on any atom is 0.233 e. The quantitative estimate of drug-likeness (QED) is 0.557. The van der Waals surface area contributed by atoms with Crippen molar-refractivity contribution in [3.8, 4) is 0 Å². The first-order valence-electron chi connectivity index (χ1n) is 6.95. The predicted molar refractivity (Wildman–Crippen MR) is 85.5 cm³/mol. The summed E-state index contributed by atoms with van der Waals surface area (Å²) in [5.74, 6) is 0.0870. The predicted octanol–water partition coefficient (Wildman–Crippen LogP) is 3.75. The molecule has 1 aromatic rings. The fourth-order valence-corrected chi connectivity index (χ4v) is 2.75. The molecule has 1 rings (SSSR count). The molecule has 0 radical (unpaired) electrons. The Morgan fingerprint density at radius 1 is 1.35 bits per heavy atom. The summed E-state index contributed by atoms with van der Waals surface area (Å²) in [6.07, 6.45) is 1.65. The summed E-state index contributed by atoms with van der Waals surface area (Å²) in [6, 6.07) is 7.57. The Balaban J connectivity index is 2.37. The maximum absolute atomic E-state index is 12.1. The Morgan fingerprint density at radius 2 is 2.05 bits per heavy atom. The minimum absolute atomic E-state index is 0.0664. The molecule has 0 aromatic heterocycles. The van der Waals surface area contributed by atoms with Crippen LogP contribution in [0, 0.1) is 0 Å². The first-order chi connectivity index (χ1) is 9.67. The zero-order valence-corrected chi connectivity index (χ0v) is 13.6. The SMILES string of the molecule is CCOCCCNC(=O)[C@@H](CC)Sc1ccc(Cl)cc1. The van der Waals surface area contributed by atoms with Gasteiger partial charge in [-0.25, -0.2) is 0 Å². The second-order valence-electron chi connectivity index (χ2n) is 4.31. The van der Waals surface area contributed by atoms with E-state index in [1.54, 1.807) is 11.8 Å². The van der Waals surface area contributed by atoms with E-state index in [-0.39, 0.29) is 11.2 Å². The molecule has 0 saturated heterocycles. The van der Waals surface area contributed by atoms with Gasteiger partial charge in [-0.1, -0.05) is 18.5 Å². The van der Waals surface area contributed by atoms with E-state index in [2.05, 4.69) is 5.32 Å². The highest BCUT2D eigenvalue weighted by molar-refractivity contribution is 8.00. The van der Waals surface area contributed by atoms with E-state index >= 15 is 0 Å².